The lowest BCUT2D eigenvalue weighted by Crippen LogP contribution is -2.02. The molecule has 1 aromatic rings. The molecule has 0 bridgehead atoms. The normalized spacial score (nSPS) is 16.9. The average molecular weight is 355 g/mol. The average Bonchev–Trinajstić information content (AvgIpc) is 2.95. The van der Waals surface area contributed by atoms with Crippen LogP contribution in [0.15, 0.2) is 59.2 Å². The number of benzene rings is 1. The monoisotopic (exact) mass is 355 g/mol. The number of carbonyl (C=O) groups excluding carboxylic acids is 1. The minimum absolute atomic E-state index is 0.0241. The second-order valence-corrected chi connectivity index (χ2v) is 6.78. The van der Waals surface area contributed by atoms with Crippen LogP contribution in [0.5, 0.6) is 0 Å². The lowest BCUT2D eigenvalue weighted by Gasteiger charge is -2.07. The molecule has 1 atom stereocenters. The molecule has 2 rings (SSSR count). The molecule has 0 saturated heterocycles. The Bertz CT molecular complexity index is 753. The zero-order valence-electron chi connectivity index (χ0n) is 15.5. The van der Waals surface area contributed by atoms with Crippen molar-refractivity contribution in [2.24, 2.45) is 0 Å². The molecular weight excluding hydrogens is 330 g/mol. The quantitative estimate of drug-likeness (QED) is 0.264. The Morgan fingerprint density at radius 1 is 1.15 bits per heavy atom. The van der Waals surface area contributed by atoms with Crippen molar-refractivity contribution in [3.8, 4) is 0 Å². The highest BCUT2D eigenvalue weighted by Gasteiger charge is 2.26. The molecule has 0 N–H and O–H groups in total. The number of non-ortho nitro benzene ring substituents is 1. The summed E-state index contributed by atoms with van der Waals surface area (Å²) in [5, 5.41) is 10.7. The van der Waals surface area contributed by atoms with Crippen molar-refractivity contribution in [3.05, 3.63) is 74.9 Å². The molecule has 0 aliphatic carbocycles. The van der Waals surface area contributed by atoms with Crippen molar-refractivity contribution >= 4 is 11.7 Å². The third kappa shape index (κ3) is 5.69. The second kappa shape index (κ2) is 9.13. The van der Waals surface area contributed by atoms with Crippen LogP contribution >= 0.6 is 0 Å². The number of carbonyl (C=O) groups is 1. The molecule has 1 aliphatic rings. The van der Waals surface area contributed by atoms with Crippen LogP contribution in [0.1, 0.15) is 58.1 Å². The van der Waals surface area contributed by atoms with Gasteiger partial charge in [-0.3, -0.25) is 10.1 Å². The molecule has 0 aromatic heterocycles. The van der Waals surface area contributed by atoms with Gasteiger partial charge in [-0.25, -0.2) is 4.79 Å². The van der Waals surface area contributed by atoms with Crippen molar-refractivity contribution in [1.82, 2.24) is 0 Å². The zero-order chi connectivity index (χ0) is 19.1. The summed E-state index contributed by atoms with van der Waals surface area (Å²) in [6.45, 7) is 6.30. The van der Waals surface area contributed by atoms with Crippen LogP contribution < -0.4 is 0 Å². The molecule has 5 nitrogen and oxygen atoms in total. The van der Waals surface area contributed by atoms with Crippen LogP contribution in [0.25, 0.3) is 0 Å². The Labute approximate surface area is 154 Å². The van der Waals surface area contributed by atoms with E-state index in [1.807, 2.05) is 6.08 Å². The minimum atomic E-state index is -0.457. The Balaban J connectivity index is 1.91. The molecule has 0 spiro atoms. The zero-order valence-corrected chi connectivity index (χ0v) is 15.5. The molecule has 0 saturated carbocycles. The smallest absolute Gasteiger partial charge is 0.334 e. The fourth-order valence-electron chi connectivity index (χ4n) is 2.78. The number of hydrogen-bond acceptors (Lipinski definition) is 4. The van der Waals surface area contributed by atoms with Crippen LogP contribution in [0, 0.1) is 10.1 Å². The van der Waals surface area contributed by atoms with E-state index in [4.69, 9.17) is 4.74 Å². The lowest BCUT2D eigenvalue weighted by molar-refractivity contribution is -0.384. The van der Waals surface area contributed by atoms with Crippen LogP contribution in [0.2, 0.25) is 0 Å². The number of hydrogen-bond donors (Lipinski definition) is 0. The fraction of sp³-hybridized carbons (Fsp3) is 0.381. The number of nitrogens with zero attached hydrogens (tertiary/aromatic N) is 1. The number of cyclic esters (lactones) is 1. The predicted octanol–water partition coefficient (Wildman–Crippen LogP) is 5.59. The van der Waals surface area contributed by atoms with Gasteiger partial charge in [-0.1, -0.05) is 23.3 Å². The number of rotatable bonds is 8. The summed E-state index contributed by atoms with van der Waals surface area (Å²) in [6, 6.07) is 6.10. The number of nitro groups is 1. The Hall–Kier alpha value is -2.69. The van der Waals surface area contributed by atoms with Crippen molar-refractivity contribution < 1.29 is 14.5 Å². The maximum Gasteiger partial charge on any atom is 0.334 e. The molecule has 0 radical (unpaired) electrons. The molecule has 1 aromatic carbocycles. The maximum absolute atomic E-state index is 12.0. The molecular formula is C21H25NO4. The first-order valence-corrected chi connectivity index (χ1v) is 8.82. The van der Waals surface area contributed by atoms with Crippen molar-refractivity contribution in [2.45, 2.75) is 52.6 Å². The van der Waals surface area contributed by atoms with Gasteiger partial charge in [0.25, 0.3) is 5.69 Å². The van der Waals surface area contributed by atoms with Gasteiger partial charge in [0, 0.05) is 17.7 Å². The highest BCUT2D eigenvalue weighted by atomic mass is 16.6. The Kier molecular flexibility index (Phi) is 6.89. The van der Waals surface area contributed by atoms with Gasteiger partial charge in [0.15, 0.2) is 0 Å². The Morgan fingerprint density at radius 2 is 1.85 bits per heavy atom. The number of allylic oxidation sites excluding steroid dienone is 4. The van der Waals surface area contributed by atoms with E-state index in [2.05, 4.69) is 32.9 Å². The molecule has 0 fully saturated rings. The summed E-state index contributed by atoms with van der Waals surface area (Å²) in [5.74, 6) is -0.302. The van der Waals surface area contributed by atoms with E-state index in [1.54, 1.807) is 12.1 Å². The maximum atomic E-state index is 12.0. The first-order valence-electron chi connectivity index (χ1n) is 8.82. The number of esters is 1. The van der Waals surface area contributed by atoms with Gasteiger partial charge in [0.1, 0.15) is 6.10 Å². The van der Waals surface area contributed by atoms with Crippen molar-refractivity contribution in [2.75, 3.05) is 0 Å². The van der Waals surface area contributed by atoms with Crippen LogP contribution in [0.3, 0.4) is 0 Å². The minimum Gasteiger partial charge on any atom is -0.450 e. The summed E-state index contributed by atoms with van der Waals surface area (Å²) in [6.07, 6.45) is 9.26. The largest absolute Gasteiger partial charge is 0.450 e. The van der Waals surface area contributed by atoms with E-state index >= 15 is 0 Å². The van der Waals surface area contributed by atoms with E-state index in [0.717, 1.165) is 24.8 Å². The summed E-state index contributed by atoms with van der Waals surface area (Å²) < 4.78 is 5.38. The molecule has 1 heterocycles. The van der Waals surface area contributed by atoms with Crippen LogP contribution in [0.4, 0.5) is 5.69 Å². The van der Waals surface area contributed by atoms with E-state index < -0.39 is 11.0 Å². The molecule has 0 unspecified atom stereocenters. The Morgan fingerprint density at radius 3 is 2.46 bits per heavy atom. The molecule has 138 valence electrons. The van der Waals surface area contributed by atoms with E-state index in [0.29, 0.717) is 12.0 Å². The summed E-state index contributed by atoms with van der Waals surface area (Å²) in [5.41, 5.74) is 4.08. The molecule has 1 aliphatic heterocycles. The third-order valence-corrected chi connectivity index (χ3v) is 4.28. The summed E-state index contributed by atoms with van der Waals surface area (Å²) in [7, 11) is 0. The van der Waals surface area contributed by atoms with Gasteiger partial charge < -0.3 is 4.74 Å². The highest BCUT2D eigenvalue weighted by molar-refractivity contribution is 5.91. The van der Waals surface area contributed by atoms with Gasteiger partial charge in [-0.05, 0) is 70.2 Å². The first-order chi connectivity index (χ1) is 12.4. The lowest BCUT2D eigenvalue weighted by atomic mass is 10.0. The molecule has 26 heavy (non-hydrogen) atoms. The van der Waals surface area contributed by atoms with Gasteiger partial charge in [-0.2, -0.15) is 0 Å². The molecule has 5 heteroatoms. The van der Waals surface area contributed by atoms with Crippen LogP contribution in [-0.4, -0.2) is 10.9 Å². The molecule has 0 amide bonds. The second-order valence-electron chi connectivity index (χ2n) is 6.78. The van der Waals surface area contributed by atoms with Crippen molar-refractivity contribution in [1.29, 1.82) is 0 Å². The summed E-state index contributed by atoms with van der Waals surface area (Å²) in [4.78, 5) is 22.3. The van der Waals surface area contributed by atoms with E-state index in [9.17, 15) is 14.9 Å². The fourth-order valence-corrected chi connectivity index (χ4v) is 2.78. The number of nitro benzene ring substituents is 1. The third-order valence-electron chi connectivity index (χ3n) is 4.28. The van der Waals surface area contributed by atoms with E-state index in [-0.39, 0.29) is 11.7 Å². The van der Waals surface area contributed by atoms with E-state index in [1.165, 1.54) is 23.3 Å². The number of ether oxygens (including phenoxy) is 1. The SMILES string of the molecule is CC(C)=CCC/C(C)=C/CCC1=C[C@@H](c2ccc([N+](=O)[O-])cc2)OC1=O. The van der Waals surface area contributed by atoms with Gasteiger partial charge in [0.2, 0.25) is 0 Å². The van der Waals surface area contributed by atoms with Gasteiger partial charge in [0.05, 0.1) is 4.92 Å². The van der Waals surface area contributed by atoms with Crippen LogP contribution in [-0.2, 0) is 9.53 Å². The first kappa shape index (κ1) is 19.6. The topological polar surface area (TPSA) is 69.4 Å². The van der Waals surface area contributed by atoms with Gasteiger partial charge in [-0.15, -0.1) is 0 Å². The highest BCUT2D eigenvalue weighted by Crippen LogP contribution is 2.30. The van der Waals surface area contributed by atoms with Crippen molar-refractivity contribution in [3.63, 3.8) is 0 Å². The standard InChI is InChI=1S/C21H25NO4/c1-15(2)6-4-7-16(3)8-5-9-18-14-20(26-21(18)23)17-10-12-19(13-11-17)22(24)25/h6,8,10-14,20H,4-5,7,9H2,1-3H3/b16-8+/t20-/m0/s1. The predicted molar refractivity (Wildman–Crippen MR) is 102 cm³/mol. The summed E-state index contributed by atoms with van der Waals surface area (Å²) >= 11 is 0. The van der Waals surface area contributed by atoms with Gasteiger partial charge >= 0.3 is 5.97 Å².